The summed E-state index contributed by atoms with van der Waals surface area (Å²) in [5.41, 5.74) is 0. The molecular weight excluding hydrogens is 194 g/mol. The zero-order chi connectivity index (χ0) is 11.0. The van der Waals surface area contributed by atoms with Gasteiger partial charge in [-0.25, -0.2) is 12.1 Å². The van der Waals surface area contributed by atoms with Crippen LogP contribution in [0, 0.1) is 0 Å². The fourth-order valence-electron chi connectivity index (χ4n) is 2.29. The third-order valence-electron chi connectivity index (χ3n) is 2.24. The van der Waals surface area contributed by atoms with Crippen molar-refractivity contribution in [2.24, 2.45) is 0 Å². The first kappa shape index (κ1) is 15.4. The molecule has 0 bridgehead atoms. The Balaban J connectivity index is 0.00000196. The van der Waals surface area contributed by atoms with Gasteiger partial charge in [0.2, 0.25) is 0 Å². The molecular formula is C13H22LiP-. The molecule has 0 atom stereocenters. The molecule has 0 unspecified atom stereocenters. The predicted octanol–water partition coefficient (Wildman–Crippen LogP) is 3.73. The van der Waals surface area contributed by atoms with E-state index in [2.05, 4.69) is 65.8 Å². The van der Waals surface area contributed by atoms with Gasteiger partial charge in [-0.15, -0.1) is 5.30 Å². The van der Waals surface area contributed by atoms with Crippen LogP contribution in [-0.4, -0.2) is 29.2 Å². The second-order valence-electron chi connectivity index (χ2n) is 5.82. The standard InChI is InChI=1S/C13H22P.Li/c1-12(2,3)14(13(4,5)6)11-9-7-8-10-11;/h7-10H,1-6H3;/q-1;. The molecule has 0 aliphatic carbocycles. The second kappa shape index (κ2) is 5.14. The zero-order valence-electron chi connectivity index (χ0n) is 11.3. The number of hydrogen-bond donors (Lipinski definition) is 0. The van der Waals surface area contributed by atoms with Gasteiger partial charge in [0.25, 0.3) is 0 Å². The van der Waals surface area contributed by atoms with Gasteiger partial charge in [0.15, 0.2) is 0 Å². The van der Waals surface area contributed by atoms with Gasteiger partial charge in [-0.2, -0.15) is 12.1 Å². The third-order valence-corrected chi connectivity index (χ3v) is 5.74. The quantitative estimate of drug-likeness (QED) is 0.381. The summed E-state index contributed by atoms with van der Waals surface area (Å²) in [7, 11) is -0.101. The van der Waals surface area contributed by atoms with Crippen LogP contribution in [0.4, 0.5) is 0 Å². The molecule has 81 valence electrons. The number of hydrogen-bond acceptors (Lipinski definition) is 0. The van der Waals surface area contributed by atoms with Gasteiger partial charge in [0, 0.05) is 18.9 Å². The molecule has 1 rings (SSSR count). The molecule has 0 amide bonds. The molecule has 1 aromatic carbocycles. The van der Waals surface area contributed by atoms with Crippen molar-refractivity contribution in [3.05, 3.63) is 24.3 Å². The summed E-state index contributed by atoms with van der Waals surface area (Å²) in [4.78, 5) is 0. The van der Waals surface area contributed by atoms with Gasteiger partial charge in [0.05, 0.1) is 0 Å². The molecule has 0 aliphatic rings. The van der Waals surface area contributed by atoms with Crippen LogP contribution < -0.4 is 5.30 Å². The first-order chi connectivity index (χ1) is 6.23. The van der Waals surface area contributed by atoms with Crippen LogP contribution in [0.3, 0.4) is 0 Å². The van der Waals surface area contributed by atoms with Crippen molar-refractivity contribution in [3.63, 3.8) is 0 Å². The first-order valence-corrected chi connectivity index (χ1v) is 6.59. The first-order valence-electron chi connectivity index (χ1n) is 5.25. The third kappa shape index (κ3) is 4.03. The maximum atomic E-state index is 2.36. The van der Waals surface area contributed by atoms with E-state index in [4.69, 9.17) is 0 Å². The van der Waals surface area contributed by atoms with Crippen molar-refractivity contribution in [2.45, 2.75) is 51.9 Å². The van der Waals surface area contributed by atoms with E-state index in [0.717, 1.165) is 0 Å². The minimum Gasteiger partial charge on any atom is -0.213 e. The Bertz CT molecular complexity index is 260. The average Bonchev–Trinajstić information content (AvgIpc) is 2.31. The summed E-state index contributed by atoms with van der Waals surface area (Å²) >= 11 is 0. The van der Waals surface area contributed by atoms with Crippen molar-refractivity contribution < 1.29 is 0 Å². The molecule has 1 radical (unpaired) electrons. The molecule has 0 N–H and O–H groups in total. The summed E-state index contributed by atoms with van der Waals surface area (Å²) in [5, 5.41) is 2.32. The molecule has 0 fully saturated rings. The molecule has 0 aliphatic heterocycles. The van der Waals surface area contributed by atoms with Crippen LogP contribution in [0.1, 0.15) is 41.5 Å². The van der Waals surface area contributed by atoms with Crippen LogP contribution in [0.25, 0.3) is 0 Å². The van der Waals surface area contributed by atoms with Crippen molar-refractivity contribution in [2.75, 3.05) is 0 Å². The molecule has 2 heteroatoms. The minimum absolute atomic E-state index is 0. The zero-order valence-corrected chi connectivity index (χ0v) is 12.2. The Morgan fingerprint density at radius 1 is 1.00 bits per heavy atom. The fraction of sp³-hybridized carbons (Fsp3) is 0.615. The molecule has 0 saturated carbocycles. The van der Waals surface area contributed by atoms with Crippen molar-refractivity contribution in [3.8, 4) is 0 Å². The van der Waals surface area contributed by atoms with Crippen molar-refractivity contribution in [1.29, 1.82) is 0 Å². The Kier molecular flexibility index (Phi) is 5.27. The average molecular weight is 216 g/mol. The van der Waals surface area contributed by atoms with Gasteiger partial charge in [-0.05, 0) is 10.3 Å². The monoisotopic (exact) mass is 216 g/mol. The van der Waals surface area contributed by atoms with E-state index in [1.54, 1.807) is 5.30 Å². The van der Waals surface area contributed by atoms with Crippen LogP contribution in [0.5, 0.6) is 0 Å². The molecule has 0 heterocycles. The summed E-state index contributed by atoms with van der Waals surface area (Å²) in [5.74, 6) is 0. The van der Waals surface area contributed by atoms with Gasteiger partial charge < -0.3 is 0 Å². The van der Waals surface area contributed by atoms with E-state index in [0.29, 0.717) is 10.3 Å². The fourth-order valence-corrected chi connectivity index (χ4v) is 6.33. The molecule has 15 heavy (non-hydrogen) atoms. The topological polar surface area (TPSA) is 0 Å². The normalized spacial score (nSPS) is 12.7. The summed E-state index contributed by atoms with van der Waals surface area (Å²) in [6.45, 7) is 14.1. The van der Waals surface area contributed by atoms with Crippen LogP contribution in [0.15, 0.2) is 24.3 Å². The van der Waals surface area contributed by atoms with Crippen molar-refractivity contribution >= 4 is 32.1 Å². The Morgan fingerprint density at radius 3 is 1.73 bits per heavy atom. The number of rotatable bonds is 1. The van der Waals surface area contributed by atoms with E-state index in [9.17, 15) is 0 Å². The van der Waals surface area contributed by atoms with Crippen LogP contribution >= 0.6 is 7.92 Å². The molecule has 1 aromatic rings. The molecule has 0 saturated heterocycles. The molecule has 0 aromatic heterocycles. The Hall–Kier alpha value is 0.377. The molecule has 0 nitrogen and oxygen atoms in total. The Morgan fingerprint density at radius 2 is 1.47 bits per heavy atom. The Labute approximate surface area is 108 Å². The smallest absolute Gasteiger partial charge is 0 e. The van der Waals surface area contributed by atoms with E-state index in [-0.39, 0.29) is 26.8 Å². The minimum atomic E-state index is -0.101. The summed E-state index contributed by atoms with van der Waals surface area (Å²) in [6.07, 6.45) is 0. The van der Waals surface area contributed by atoms with Crippen LogP contribution in [-0.2, 0) is 0 Å². The van der Waals surface area contributed by atoms with Gasteiger partial charge >= 0.3 is 0 Å². The molecule has 0 spiro atoms. The van der Waals surface area contributed by atoms with E-state index in [1.807, 2.05) is 0 Å². The van der Waals surface area contributed by atoms with Crippen molar-refractivity contribution in [1.82, 2.24) is 0 Å². The van der Waals surface area contributed by atoms with Crippen LogP contribution in [0.2, 0.25) is 0 Å². The SMILES string of the molecule is CC(C)(C)P(c1ccc[cH-]1)C(C)(C)C.[Li]. The van der Waals surface area contributed by atoms with E-state index in [1.165, 1.54) is 0 Å². The maximum absolute atomic E-state index is 2.36. The van der Waals surface area contributed by atoms with Gasteiger partial charge in [-0.3, -0.25) is 0 Å². The van der Waals surface area contributed by atoms with E-state index < -0.39 is 0 Å². The largest absolute Gasteiger partial charge is 0.213 e. The second-order valence-corrected chi connectivity index (χ2v) is 9.69. The van der Waals surface area contributed by atoms with Gasteiger partial charge in [0.1, 0.15) is 0 Å². The maximum Gasteiger partial charge on any atom is 0 e. The predicted molar refractivity (Wildman–Crippen MR) is 73.8 cm³/mol. The van der Waals surface area contributed by atoms with Gasteiger partial charge in [-0.1, -0.05) is 49.5 Å². The van der Waals surface area contributed by atoms with E-state index >= 15 is 0 Å². The summed E-state index contributed by atoms with van der Waals surface area (Å²) < 4.78 is 0. The summed E-state index contributed by atoms with van der Waals surface area (Å²) in [6, 6.07) is 8.87.